The topological polar surface area (TPSA) is 85.8 Å². The van der Waals surface area contributed by atoms with Crippen LogP contribution >= 0.6 is 11.8 Å². The summed E-state index contributed by atoms with van der Waals surface area (Å²) in [4.78, 5) is 12.4. The molecular weight excluding hydrogens is 338 g/mol. The second kappa shape index (κ2) is 7.10. The minimum atomic E-state index is -0.378. The summed E-state index contributed by atoms with van der Waals surface area (Å²) in [6.07, 6.45) is 0. The molecule has 1 atom stereocenters. The van der Waals surface area contributed by atoms with Gasteiger partial charge < -0.3 is 4.52 Å². The second-order valence-corrected chi connectivity index (χ2v) is 7.04. The van der Waals surface area contributed by atoms with Crippen LogP contribution in [0.2, 0.25) is 0 Å². The minimum Gasteiger partial charge on any atom is -0.338 e. The van der Waals surface area contributed by atoms with Crippen LogP contribution in [0.4, 0.5) is 5.88 Å². The lowest BCUT2D eigenvalue weighted by Gasteiger charge is -2.13. The molecule has 8 heteroatoms. The standard InChI is InChI=1S/C17H19N5O2S/c1-10-7-5-6-8-14(10)22-13(4)19-20-17(22)25-12(3)16(23)18-15-9-11(2)21-24-15/h5-9,12H,1-4H3,(H,18,23)/t12-/m1/s1. The lowest BCUT2D eigenvalue weighted by Crippen LogP contribution is -2.22. The number of amides is 1. The fraction of sp³-hybridized carbons (Fsp3) is 0.294. The Hall–Kier alpha value is -2.61. The molecule has 2 aromatic heterocycles. The Morgan fingerprint density at radius 2 is 2.00 bits per heavy atom. The summed E-state index contributed by atoms with van der Waals surface area (Å²) in [5.74, 6) is 0.930. The van der Waals surface area contributed by atoms with Crippen molar-refractivity contribution >= 4 is 23.6 Å². The third-order valence-electron chi connectivity index (χ3n) is 3.68. The van der Waals surface area contributed by atoms with Crippen LogP contribution in [-0.4, -0.2) is 31.1 Å². The third kappa shape index (κ3) is 3.74. The third-order valence-corrected chi connectivity index (χ3v) is 4.72. The lowest BCUT2D eigenvalue weighted by atomic mass is 10.2. The van der Waals surface area contributed by atoms with Crippen molar-refractivity contribution in [3.8, 4) is 5.69 Å². The van der Waals surface area contributed by atoms with Gasteiger partial charge in [0, 0.05) is 6.07 Å². The molecule has 0 fully saturated rings. The predicted molar refractivity (Wildman–Crippen MR) is 96.0 cm³/mol. The Morgan fingerprint density at radius 1 is 1.24 bits per heavy atom. The average Bonchev–Trinajstić information content (AvgIpc) is 3.14. The van der Waals surface area contributed by atoms with Gasteiger partial charge in [-0.1, -0.05) is 35.1 Å². The van der Waals surface area contributed by atoms with E-state index in [0.29, 0.717) is 16.7 Å². The Morgan fingerprint density at radius 3 is 2.68 bits per heavy atom. The Labute approximate surface area is 149 Å². The molecule has 1 N–H and O–H groups in total. The van der Waals surface area contributed by atoms with E-state index in [9.17, 15) is 4.79 Å². The molecule has 0 aliphatic rings. The lowest BCUT2D eigenvalue weighted by molar-refractivity contribution is -0.115. The monoisotopic (exact) mass is 357 g/mol. The number of rotatable bonds is 5. The van der Waals surface area contributed by atoms with Gasteiger partial charge in [0.1, 0.15) is 5.82 Å². The molecule has 3 rings (SSSR count). The van der Waals surface area contributed by atoms with Crippen molar-refractivity contribution < 1.29 is 9.32 Å². The highest BCUT2D eigenvalue weighted by Crippen LogP contribution is 2.27. The zero-order valence-corrected chi connectivity index (χ0v) is 15.3. The number of thioether (sulfide) groups is 1. The van der Waals surface area contributed by atoms with E-state index in [2.05, 4.69) is 20.7 Å². The van der Waals surface area contributed by atoms with Crippen molar-refractivity contribution in [2.24, 2.45) is 0 Å². The van der Waals surface area contributed by atoms with Gasteiger partial charge in [0.15, 0.2) is 5.16 Å². The quantitative estimate of drug-likeness (QED) is 0.705. The number of carbonyl (C=O) groups excluding carboxylic acids is 1. The van der Waals surface area contributed by atoms with Crippen LogP contribution < -0.4 is 5.32 Å². The number of aromatic nitrogens is 4. The number of para-hydroxylation sites is 1. The van der Waals surface area contributed by atoms with E-state index in [1.807, 2.05) is 49.6 Å². The van der Waals surface area contributed by atoms with Crippen molar-refractivity contribution in [2.75, 3.05) is 5.32 Å². The summed E-state index contributed by atoms with van der Waals surface area (Å²) in [5.41, 5.74) is 2.83. The van der Waals surface area contributed by atoms with Gasteiger partial charge in [0.2, 0.25) is 11.8 Å². The molecule has 0 bridgehead atoms. The van der Waals surface area contributed by atoms with Crippen molar-refractivity contribution in [2.45, 2.75) is 38.1 Å². The zero-order valence-electron chi connectivity index (χ0n) is 14.5. The van der Waals surface area contributed by atoms with Crippen molar-refractivity contribution in [1.82, 2.24) is 19.9 Å². The molecule has 3 aromatic rings. The number of benzene rings is 1. The Bertz CT molecular complexity index is 902. The van der Waals surface area contributed by atoms with E-state index in [-0.39, 0.29) is 11.2 Å². The second-order valence-electron chi connectivity index (χ2n) is 5.73. The fourth-order valence-corrected chi connectivity index (χ4v) is 3.27. The van der Waals surface area contributed by atoms with Crippen LogP contribution in [0.15, 0.2) is 40.0 Å². The summed E-state index contributed by atoms with van der Waals surface area (Å²) in [7, 11) is 0. The number of carbonyl (C=O) groups is 1. The van der Waals surface area contributed by atoms with Gasteiger partial charge in [-0.05, 0) is 39.3 Å². The average molecular weight is 357 g/mol. The van der Waals surface area contributed by atoms with Crippen molar-refractivity contribution in [3.05, 3.63) is 47.4 Å². The highest BCUT2D eigenvalue weighted by Gasteiger charge is 2.21. The predicted octanol–water partition coefficient (Wildman–Crippen LogP) is 3.30. The molecular formula is C17H19N5O2S. The maximum atomic E-state index is 12.4. The number of hydrogen-bond donors (Lipinski definition) is 1. The highest BCUT2D eigenvalue weighted by molar-refractivity contribution is 8.00. The van der Waals surface area contributed by atoms with E-state index in [4.69, 9.17) is 4.52 Å². The van der Waals surface area contributed by atoms with Crippen LogP contribution in [0.25, 0.3) is 5.69 Å². The maximum absolute atomic E-state index is 12.4. The molecule has 0 aliphatic carbocycles. The van der Waals surface area contributed by atoms with E-state index < -0.39 is 0 Å². The van der Waals surface area contributed by atoms with Crippen molar-refractivity contribution in [1.29, 1.82) is 0 Å². The van der Waals surface area contributed by atoms with Crippen LogP contribution in [-0.2, 0) is 4.79 Å². The molecule has 0 unspecified atom stereocenters. The molecule has 1 amide bonds. The zero-order chi connectivity index (χ0) is 18.0. The van der Waals surface area contributed by atoms with Crippen LogP contribution in [0.5, 0.6) is 0 Å². The first-order valence-corrected chi connectivity index (χ1v) is 8.72. The summed E-state index contributed by atoms with van der Waals surface area (Å²) in [6, 6.07) is 9.68. The molecule has 1 aromatic carbocycles. The van der Waals surface area contributed by atoms with Crippen LogP contribution in [0.3, 0.4) is 0 Å². The van der Waals surface area contributed by atoms with Gasteiger partial charge >= 0.3 is 0 Å². The van der Waals surface area contributed by atoms with Gasteiger partial charge in [-0.15, -0.1) is 10.2 Å². The van der Waals surface area contributed by atoms with E-state index >= 15 is 0 Å². The molecule has 0 aliphatic heterocycles. The number of hydrogen-bond acceptors (Lipinski definition) is 6. The largest absolute Gasteiger partial charge is 0.338 e. The van der Waals surface area contributed by atoms with Crippen LogP contribution in [0, 0.1) is 20.8 Å². The first-order chi connectivity index (χ1) is 12.0. The molecule has 0 saturated heterocycles. The van der Waals surface area contributed by atoms with Gasteiger partial charge in [-0.3, -0.25) is 14.7 Å². The van der Waals surface area contributed by atoms with E-state index in [1.165, 1.54) is 11.8 Å². The van der Waals surface area contributed by atoms with Gasteiger partial charge in [0.05, 0.1) is 16.6 Å². The van der Waals surface area contributed by atoms with Crippen molar-refractivity contribution in [3.63, 3.8) is 0 Å². The van der Waals surface area contributed by atoms with Gasteiger partial charge in [-0.2, -0.15) is 0 Å². The van der Waals surface area contributed by atoms with Gasteiger partial charge in [0.25, 0.3) is 0 Å². The normalized spacial score (nSPS) is 12.2. The Balaban J connectivity index is 1.79. The molecule has 0 radical (unpaired) electrons. The molecule has 7 nitrogen and oxygen atoms in total. The summed E-state index contributed by atoms with van der Waals surface area (Å²) in [5, 5.41) is 15.2. The first-order valence-electron chi connectivity index (χ1n) is 7.84. The minimum absolute atomic E-state index is 0.182. The first kappa shape index (κ1) is 17.2. The molecule has 25 heavy (non-hydrogen) atoms. The van der Waals surface area contributed by atoms with E-state index in [0.717, 1.165) is 17.1 Å². The number of nitrogens with zero attached hydrogens (tertiary/aromatic N) is 4. The molecule has 2 heterocycles. The van der Waals surface area contributed by atoms with Gasteiger partial charge in [-0.25, -0.2) is 0 Å². The maximum Gasteiger partial charge on any atom is 0.240 e. The van der Waals surface area contributed by atoms with E-state index in [1.54, 1.807) is 13.0 Å². The SMILES string of the molecule is Cc1cc(NC(=O)[C@@H](C)Sc2nnc(C)n2-c2ccccc2C)on1. The highest BCUT2D eigenvalue weighted by atomic mass is 32.2. The van der Waals surface area contributed by atoms with Crippen LogP contribution in [0.1, 0.15) is 24.0 Å². The molecule has 130 valence electrons. The smallest absolute Gasteiger partial charge is 0.240 e. The Kier molecular flexibility index (Phi) is 4.89. The number of nitrogens with one attached hydrogen (secondary N) is 1. The summed E-state index contributed by atoms with van der Waals surface area (Å²) < 4.78 is 6.98. The fourth-order valence-electron chi connectivity index (χ4n) is 2.37. The number of anilines is 1. The molecule has 0 spiro atoms. The molecule has 0 saturated carbocycles. The summed E-state index contributed by atoms with van der Waals surface area (Å²) in [6.45, 7) is 7.54. The number of aryl methyl sites for hydroxylation is 3. The summed E-state index contributed by atoms with van der Waals surface area (Å²) >= 11 is 1.34.